The van der Waals surface area contributed by atoms with Gasteiger partial charge in [-0.25, -0.2) is 0 Å². The van der Waals surface area contributed by atoms with Gasteiger partial charge in [0.1, 0.15) is 0 Å². The maximum atomic E-state index is 9.83. The average molecular weight is 196 g/mol. The van der Waals surface area contributed by atoms with Crippen molar-refractivity contribution in [3.05, 3.63) is 17.0 Å². The predicted molar refractivity (Wildman–Crippen MR) is 57.3 cm³/mol. The Morgan fingerprint density at radius 1 is 1.36 bits per heavy atom. The van der Waals surface area contributed by atoms with Crippen LogP contribution in [-0.4, -0.2) is 14.9 Å². The summed E-state index contributed by atoms with van der Waals surface area (Å²) in [5, 5.41) is 14.3. The fourth-order valence-electron chi connectivity index (χ4n) is 1.86. The van der Waals surface area contributed by atoms with Gasteiger partial charge < -0.3 is 5.11 Å². The lowest BCUT2D eigenvalue weighted by Crippen LogP contribution is -2.06. The Bertz CT molecular complexity index is 315. The summed E-state index contributed by atoms with van der Waals surface area (Å²) in [6, 6.07) is 0.353. The molecule has 1 unspecified atom stereocenters. The molecule has 0 saturated heterocycles. The van der Waals surface area contributed by atoms with Gasteiger partial charge in [0, 0.05) is 17.3 Å². The van der Waals surface area contributed by atoms with Gasteiger partial charge in [0.2, 0.25) is 0 Å². The molecule has 80 valence electrons. The Morgan fingerprint density at radius 3 is 2.29 bits per heavy atom. The van der Waals surface area contributed by atoms with Gasteiger partial charge in [0.15, 0.2) is 0 Å². The Labute approximate surface area is 85.8 Å². The molecule has 1 aromatic heterocycles. The minimum Gasteiger partial charge on any atom is -0.388 e. The van der Waals surface area contributed by atoms with Gasteiger partial charge in [-0.1, -0.05) is 6.92 Å². The van der Waals surface area contributed by atoms with Crippen molar-refractivity contribution in [2.24, 2.45) is 0 Å². The topological polar surface area (TPSA) is 38.1 Å². The van der Waals surface area contributed by atoms with Gasteiger partial charge >= 0.3 is 0 Å². The van der Waals surface area contributed by atoms with Crippen LogP contribution in [0.2, 0.25) is 0 Å². The average Bonchev–Trinajstić information content (AvgIpc) is 2.41. The second-order valence-electron chi connectivity index (χ2n) is 4.05. The Morgan fingerprint density at radius 2 is 1.93 bits per heavy atom. The molecule has 0 saturated carbocycles. The van der Waals surface area contributed by atoms with Crippen molar-refractivity contribution in [2.75, 3.05) is 0 Å². The number of hydrogen-bond donors (Lipinski definition) is 1. The number of hydrogen-bond acceptors (Lipinski definition) is 2. The summed E-state index contributed by atoms with van der Waals surface area (Å²) < 4.78 is 1.98. The molecular weight excluding hydrogens is 176 g/mol. The van der Waals surface area contributed by atoms with Gasteiger partial charge in [-0.05, 0) is 34.1 Å². The molecule has 1 rings (SSSR count). The Hall–Kier alpha value is -0.830. The number of rotatable bonds is 3. The second kappa shape index (κ2) is 4.13. The molecule has 0 bridgehead atoms. The molecule has 0 spiro atoms. The van der Waals surface area contributed by atoms with Crippen LogP contribution in [0.15, 0.2) is 0 Å². The summed E-state index contributed by atoms with van der Waals surface area (Å²) in [4.78, 5) is 0. The minimum absolute atomic E-state index is 0.353. The van der Waals surface area contributed by atoms with E-state index in [-0.39, 0.29) is 6.10 Å². The smallest absolute Gasteiger partial charge is 0.0823 e. The van der Waals surface area contributed by atoms with Crippen LogP contribution in [0.1, 0.15) is 56.3 Å². The number of aromatic nitrogens is 2. The zero-order valence-corrected chi connectivity index (χ0v) is 9.70. The zero-order chi connectivity index (χ0) is 10.9. The van der Waals surface area contributed by atoms with Crippen LogP contribution in [0.3, 0.4) is 0 Å². The standard InChI is InChI=1S/C11H20N2O/c1-6-10(14)11-8(4)12-13(7(2)3)9(11)5/h7,10,14H,6H2,1-5H3. The highest BCUT2D eigenvalue weighted by Gasteiger charge is 2.18. The molecule has 0 aliphatic rings. The van der Waals surface area contributed by atoms with Crippen LogP contribution < -0.4 is 0 Å². The van der Waals surface area contributed by atoms with Crippen LogP contribution in [0, 0.1) is 13.8 Å². The molecule has 0 radical (unpaired) electrons. The van der Waals surface area contributed by atoms with E-state index < -0.39 is 0 Å². The molecule has 1 aromatic rings. The number of aryl methyl sites for hydroxylation is 1. The summed E-state index contributed by atoms with van der Waals surface area (Å²) in [5.41, 5.74) is 3.04. The Kier molecular flexibility index (Phi) is 3.32. The largest absolute Gasteiger partial charge is 0.388 e. The molecular formula is C11H20N2O. The van der Waals surface area contributed by atoms with Gasteiger partial charge in [-0.2, -0.15) is 5.10 Å². The summed E-state index contributed by atoms with van der Waals surface area (Å²) in [6.45, 7) is 10.2. The van der Waals surface area contributed by atoms with Crippen molar-refractivity contribution in [3.8, 4) is 0 Å². The molecule has 3 nitrogen and oxygen atoms in total. The van der Waals surface area contributed by atoms with Crippen LogP contribution in [-0.2, 0) is 0 Å². The zero-order valence-electron chi connectivity index (χ0n) is 9.70. The second-order valence-corrected chi connectivity index (χ2v) is 4.05. The van der Waals surface area contributed by atoms with E-state index in [0.29, 0.717) is 6.04 Å². The molecule has 0 aliphatic carbocycles. The summed E-state index contributed by atoms with van der Waals surface area (Å²) in [6.07, 6.45) is 0.369. The first kappa shape index (κ1) is 11.2. The lowest BCUT2D eigenvalue weighted by Gasteiger charge is -2.11. The normalized spacial score (nSPS) is 13.6. The third kappa shape index (κ3) is 1.82. The third-order valence-electron chi connectivity index (χ3n) is 2.59. The lowest BCUT2D eigenvalue weighted by atomic mass is 10.1. The van der Waals surface area contributed by atoms with E-state index in [9.17, 15) is 5.11 Å². The van der Waals surface area contributed by atoms with E-state index >= 15 is 0 Å². The van der Waals surface area contributed by atoms with Gasteiger partial charge in [0.05, 0.1) is 11.8 Å². The van der Waals surface area contributed by atoms with E-state index in [1.807, 2.05) is 25.5 Å². The first-order valence-electron chi connectivity index (χ1n) is 5.22. The van der Waals surface area contributed by atoms with Crippen LogP contribution in [0.25, 0.3) is 0 Å². The molecule has 14 heavy (non-hydrogen) atoms. The van der Waals surface area contributed by atoms with Crippen molar-refractivity contribution >= 4 is 0 Å². The van der Waals surface area contributed by atoms with Crippen molar-refractivity contribution in [1.82, 2.24) is 9.78 Å². The summed E-state index contributed by atoms with van der Waals surface area (Å²) in [7, 11) is 0. The lowest BCUT2D eigenvalue weighted by molar-refractivity contribution is 0.172. The highest BCUT2D eigenvalue weighted by Crippen LogP contribution is 2.25. The SMILES string of the molecule is CCC(O)c1c(C)nn(C(C)C)c1C. The minimum atomic E-state index is -0.373. The molecule has 1 atom stereocenters. The molecule has 0 aromatic carbocycles. The quantitative estimate of drug-likeness (QED) is 0.806. The van der Waals surface area contributed by atoms with Crippen molar-refractivity contribution < 1.29 is 5.11 Å². The highest BCUT2D eigenvalue weighted by atomic mass is 16.3. The molecule has 0 aliphatic heterocycles. The monoisotopic (exact) mass is 196 g/mol. The van der Waals surface area contributed by atoms with E-state index in [2.05, 4.69) is 18.9 Å². The van der Waals surface area contributed by atoms with Crippen molar-refractivity contribution in [3.63, 3.8) is 0 Å². The number of nitrogens with zero attached hydrogens (tertiary/aromatic N) is 2. The predicted octanol–water partition coefficient (Wildman–Crippen LogP) is 2.52. The van der Waals surface area contributed by atoms with Crippen LogP contribution in [0.4, 0.5) is 0 Å². The van der Waals surface area contributed by atoms with E-state index in [0.717, 1.165) is 23.4 Å². The van der Waals surface area contributed by atoms with E-state index in [4.69, 9.17) is 0 Å². The molecule has 1 heterocycles. The van der Waals surface area contributed by atoms with E-state index in [1.54, 1.807) is 0 Å². The fourth-order valence-corrected chi connectivity index (χ4v) is 1.86. The van der Waals surface area contributed by atoms with Gasteiger partial charge in [-0.15, -0.1) is 0 Å². The number of aliphatic hydroxyl groups excluding tert-OH is 1. The maximum absolute atomic E-state index is 9.83. The van der Waals surface area contributed by atoms with Crippen molar-refractivity contribution in [1.29, 1.82) is 0 Å². The Balaban J connectivity index is 3.17. The van der Waals surface area contributed by atoms with Gasteiger partial charge in [0.25, 0.3) is 0 Å². The molecule has 3 heteroatoms. The summed E-state index contributed by atoms with van der Waals surface area (Å²) in [5.74, 6) is 0. The van der Waals surface area contributed by atoms with Crippen LogP contribution >= 0.6 is 0 Å². The first-order chi connectivity index (χ1) is 6.49. The van der Waals surface area contributed by atoms with E-state index in [1.165, 1.54) is 0 Å². The van der Waals surface area contributed by atoms with Crippen LogP contribution in [0.5, 0.6) is 0 Å². The summed E-state index contributed by atoms with van der Waals surface area (Å²) >= 11 is 0. The number of aliphatic hydroxyl groups is 1. The maximum Gasteiger partial charge on any atom is 0.0823 e. The van der Waals surface area contributed by atoms with Gasteiger partial charge in [-0.3, -0.25) is 4.68 Å². The fraction of sp³-hybridized carbons (Fsp3) is 0.727. The molecule has 0 fully saturated rings. The van der Waals surface area contributed by atoms with Crippen molar-refractivity contribution in [2.45, 2.75) is 53.2 Å². The third-order valence-corrected chi connectivity index (χ3v) is 2.59. The highest BCUT2D eigenvalue weighted by molar-refractivity contribution is 5.27. The first-order valence-corrected chi connectivity index (χ1v) is 5.22. The molecule has 1 N–H and O–H groups in total. The molecule has 0 amide bonds.